The third-order valence-electron chi connectivity index (χ3n) is 2.27. The molecule has 6 heteroatoms. The Kier molecular flexibility index (Phi) is 4.43. The molecule has 96 valence electrons. The fraction of sp³-hybridized carbons (Fsp3) is 0.417. The fourth-order valence-electron chi connectivity index (χ4n) is 1.44. The number of rotatable bonds is 5. The van der Waals surface area contributed by atoms with Gasteiger partial charge in [-0.15, -0.1) is 0 Å². The number of aromatic nitrogens is 3. The lowest BCUT2D eigenvalue weighted by molar-refractivity contribution is 0.364. The maximum absolute atomic E-state index is 5.17. The van der Waals surface area contributed by atoms with Crippen LogP contribution in [-0.4, -0.2) is 21.7 Å². The summed E-state index contributed by atoms with van der Waals surface area (Å²) in [5.41, 5.74) is 0.691. The Morgan fingerprint density at radius 2 is 2.28 bits per heavy atom. The Labute approximate surface area is 114 Å². The molecule has 2 aromatic rings. The highest BCUT2D eigenvalue weighted by molar-refractivity contribution is 9.10. The zero-order valence-corrected chi connectivity index (χ0v) is 11.9. The summed E-state index contributed by atoms with van der Waals surface area (Å²) in [6.45, 7) is 5.80. The number of hydrogen-bond donors (Lipinski definition) is 1. The van der Waals surface area contributed by atoms with Gasteiger partial charge in [0.15, 0.2) is 0 Å². The van der Waals surface area contributed by atoms with E-state index in [0.29, 0.717) is 29.9 Å². The van der Waals surface area contributed by atoms with Crippen LogP contribution in [0, 0.1) is 5.92 Å². The van der Waals surface area contributed by atoms with Gasteiger partial charge in [0, 0.05) is 10.7 Å². The molecule has 5 nitrogen and oxygen atoms in total. The highest BCUT2D eigenvalue weighted by Crippen LogP contribution is 2.22. The van der Waals surface area contributed by atoms with Crippen molar-refractivity contribution in [2.24, 2.45) is 5.92 Å². The number of halogens is 1. The first-order valence-corrected chi connectivity index (χ1v) is 6.60. The summed E-state index contributed by atoms with van der Waals surface area (Å²) in [6.07, 6.45) is 1.70. The highest BCUT2D eigenvalue weighted by Gasteiger charge is 2.12. The van der Waals surface area contributed by atoms with Crippen molar-refractivity contribution in [1.29, 1.82) is 0 Å². The predicted molar refractivity (Wildman–Crippen MR) is 71.8 cm³/mol. The summed E-state index contributed by atoms with van der Waals surface area (Å²) in [5, 5.41) is 7.18. The van der Waals surface area contributed by atoms with Crippen molar-refractivity contribution in [1.82, 2.24) is 20.4 Å². The first-order chi connectivity index (χ1) is 8.66. The quantitative estimate of drug-likeness (QED) is 0.919. The van der Waals surface area contributed by atoms with Crippen molar-refractivity contribution in [3.05, 3.63) is 28.7 Å². The van der Waals surface area contributed by atoms with Crippen molar-refractivity contribution < 1.29 is 4.52 Å². The van der Waals surface area contributed by atoms with Crippen LogP contribution in [0.2, 0.25) is 0 Å². The van der Waals surface area contributed by atoms with Crippen LogP contribution in [0.4, 0.5) is 0 Å². The summed E-state index contributed by atoms with van der Waals surface area (Å²) < 4.78 is 6.03. The second kappa shape index (κ2) is 6.06. The summed E-state index contributed by atoms with van der Waals surface area (Å²) in [6, 6.07) is 3.74. The van der Waals surface area contributed by atoms with Gasteiger partial charge < -0.3 is 9.84 Å². The van der Waals surface area contributed by atoms with Crippen LogP contribution in [0.1, 0.15) is 19.7 Å². The predicted octanol–water partition coefficient (Wildman–Crippen LogP) is 2.64. The lowest BCUT2D eigenvalue weighted by atomic mass is 10.2. The summed E-state index contributed by atoms with van der Waals surface area (Å²) in [5.74, 6) is 1.67. The van der Waals surface area contributed by atoms with Crippen molar-refractivity contribution in [2.75, 3.05) is 6.54 Å². The summed E-state index contributed by atoms with van der Waals surface area (Å²) in [4.78, 5) is 8.52. The standard InChI is InChI=1S/C12H15BrN4O/c1-8(2)6-14-7-10-16-12(17-18-10)11-9(13)4-3-5-15-11/h3-5,8,14H,6-7H2,1-2H3. The smallest absolute Gasteiger partial charge is 0.240 e. The van der Waals surface area contributed by atoms with E-state index in [0.717, 1.165) is 11.0 Å². The van der Waals surface area contributed by atoms with Gasteiger partial charge in [-0.1, -0.05) is 19.0 Å². The third kappa shape index (κ3) is 3.36. The van der Waals surface area contributed by atoms with E-state index >= 15 is 0 Å². The molecule has 0 unspecified atom stereocenters. The van der Waals surface area contributed by atoms with Crippen LogP contribution in [-0.2, 0) is 6.54 Å². The van der Waals surface area contributed by atoms with Crippen LogP contribution in [0.3, 0.4) is 0 Å². The molecule has 2 heterocycles. The van der Waals surface area contributed by atoms with Gasteiger partial charge in [-0.2, -0.15) is 4.98 Å². The Morgan fingerprint density at radius 3 is 3.00 bits per heavy atom. The first-order valence-electron chi connectivity index (χ1n) is 5.81. The Morgan fingerprint density at radius 1 is 1.44 bits per heavy atom. The van der Waals surface area contributed by atoms with Crippen LogP contribution in [0.5, 0.6) is 0 Å². The molecule has 0 saturated heterocycles. The van der Waals surface area contributed by atoms with Crippen LogP contribution in [0.15, 0.2) is 27.3 Å². The molecule has 0 saturated carbocycles. The van der Waals surface area contributed by atoms with E-state index in [1.165, 1.54) is 0 Å². The Bertz CT molecular complexity index is 512. The molecular formula is C12H15BrN4O. The Balaban J connectivity index is 2.04. The highest BCUT2D eigenvalue weighted by atomic mass is 79.9. The average Bonchev–Trinajstić information content (AvgIpc) is 2.78. The maximum Gasteiger partial charge on any atom is 0.240 e. The van der Waals surface area contributed by atoms with Crippen LogP contribution < -0.4 is 5.32 Å². The van der Waals surface area contributed by atoms with Gasteiger partial charge in [0.05, 0.1) is 6.54 Å². The van der Waals surface area contributed by atoms with Crippen LogP contribution >= 0.6 is 15.9 Å². The van der Waals surface area contributed by atoms with Gasteiger partial charge in [0.2, 0.25) is 11.7 Å². The minimum absolute atomic E-state index is 0.504. The molecule has 0 fully saturated rings. The molecule has 0 aromatic carbocycles. The van der Waals surface area contributed by atoms with Crippen molar-refractivity contribution >= 4 is 15.9 Å². The number of nitrogens with one attached hydrogen (secondary N) is 1. The normalized spacial score (nSPS) is 11.1. The van der Waals surface area contributed by atoms with Gasteiger partial charge in [0.25, 0.3) is 0 Å². The zero-order valence-electron chi connectivity index (χ0n) is 10.4. The molecule has 18 heavy (non-hydrogen) atoms. The molecule has 0 aliphatic heterocycles. The topological polar surface area (TPSA) is 63.8 Å². The monoisotopic (exact) mass is 310 g/mol. The Hall–Kier alpha value is -1.27. The fourth-order valence-corrected chi connectivity index (χ4v) is 1.87. The van der Waals surface area contributed by atoms with E-state index in [1.807, 2.05) is 12.1 Å². The molecule has 0 aliphatic carbocycles. The van der Waals surface area contributed by atoms with Gasteiger partial charge in [-0.25, -0.2) is 0 Å². The van der Waals surface area contributed by atoms with Crippen molar-refractivity contribution in [3.8, 4) is 11.5 Å². The second-order valence-electron chi connectivity index (χ2n) is 4.37. The van der Waals surface area contributed by atoms with Crippen molar-refractivity contribution in [3.63, 3.8) is 0 Å². The van der Waals surface area contributed by atoms with E-state index in [2.05, 4.69) is 50.2 Å². The molecule has 0 radical (unpaired) electrons. The SMILES string of the molecule is CC(C)CNCc1nc(-c2ncccc2Br)no1. The number of nitrogens with zero attached hydrogens (tertiary/aromatic N) is 3. The minimum Gasteiger partial charge on any atom is -0.337 e. The van der Waals surface area contributed by atoms with E-state index in [-0.39, 0.29) is 0 Å². The first kappa shape index (κ1) is 13.2. The van der Waals surface area contributed by atoms with Gasteiger partial charge in [0.1, 0.15) is 5.69 Å². The molecule has 1 N–H and O–H groups in total. The minimum atomic E-state index is 0.504. The molecule has 0 bridgehead atoms. The van der Waals surface area contributed by atoms with E-state index in [4.69, 9.17) is 4.52 Å². The number of pyridine rings is 1. The van der Waals surface area contributed by atoms with Gasteiger partial charge in [-0.05, 0) is 40.5 Å². The molecule has 0 amide bonds. The maximum atomic E-state index is 5.17. The molecule has 2 aromatic heterocycles. The average molecular weight is 311 g/mol. The van der Waals surface area contributed by atoms with E-state index < -0.39 is 0 Å². The van der Waals surface area contributed by atoms with Gasteiger partial charge >= 0.3 is 0 Å². The van der Waals surface area contributed by atoms with Crippen molar-refractivity contribution in [2.45, 2.75) is 20.4 Å². The van der Waals surface area contributed by atoms with Gasteiger partial charge in [-0.3, -0.25) is 4.98 Å². The molecule has 0 spiro atoms. The summed E-state index contributed by atoms with van der Waals surface area (Å²) in [7, 11) is 0. The molecule has 0 aliphatic rings. The lowest BCUT2D eigenvalue weighted by Gasteiger charge is -2.03. The molecule has 2 rings (SSSR count). The third-order valence-corrected chi connectivity index (χ3v) is 2.91. The largest absolute Gasteiger partial charge is 0.337 e. The van der Waals surface area contributed by atoms with E-state index in [9.17, 15) is 0 Å². The van der Waals surface area contributed by atoms with Crippen LogP contribution in [0.25, 0.3) is 11.5 Å². The second-order valence-corrected chi connectivity index (χ2v) is 5.22. The zero-order chi connectivity index (χ0) is 13.0. The molecular weight excluding hydrogens is 296 g/mol. The number of hydrogen-bond acceptors (Lipinski definition) is 5. The van der Waals surface area contributed by atoms with E-state index in [1.54, 1.807) is 6.20 Å². The molecule has 0 atom stereocenters. The lowest BCUT2D eigenvalue weighted by Crippen LogP contribution is -2.19. The summed E-state index contributed by atoms with van der Waals surface area (Å²) >= 11 is 3.41.